The van der Waals surface area contributed by atoms with E-state index in [1.807, 2.05) is 12.1 Å². The minimum absolute atomic E-state index is 0.231. The maximum atomic E-state index is 12.2. The molecule has 0 unspecified atom stereocenters. The number of esters is 1. The van der Waals surface area contributed by atoms with Gasteiger partial charge in [-0.15, -0.1) is 0 Å². The average Bonchev–Trinajstić information content (AvgIpc) is 3.20. The molecule has 1 amide bonds. The highest BCUT2D eigenvalue weighted by atomic mass is 16.5. The number of furan rings is 1. The van der Waals surface area contributed by atoms with E-state index in [0.717, 1.165) is 16.7 Å². The quantitative estimate of drug-likeness (QED) is 0.724. The van der Waals surface area contributed by atoms with Gasteiger partial charge in [0.2, 0.25) is 0 Å². The number of amides is 1. The van der Waals surface area contributed by atoms with Crippen molar-refractivity contribution < 1.29 is 18.7 Å². The van der Waals surface area contributed by atoms with Crippen LogP contribution in [0.2, 0.25) is 0 Å². The molecule has 3 rings (SSSR count). The van der Waals surface area contributed by atoms with E-state index in [4.69, 9.17) is 4.42 Å². The Morgan fingerprint density at radius 2 is 1.84 bits per heavy atom. The first kappa shape index (κ1) is 16.4. The summed E-state index contributed by atoms with van der Waals surface area (Å²) in [5.41, 5.74) is 3.59. The summed E-state index contributed by atoms with van der Waals surface area (Å²) in [6, 6.07) is 10.1. The van der Waals surface area contributed by atoms with Crippen LogP contribution in [-0.2, 0) is 11.3 Å². The van der Waals surface area contributed by atoms with Crippen molar-refractivity contribution in [3.63, 3.8) is 0 Å². The third-order valence-electron chi connectivity index (χ3n) is 3.67. The first-order valence-corrected chi connectivity index (χ1v) is 7.60. The fourth-order valence-electron chi connectivity index (χ4n) is 2.33. The molecule has 6 nitrogen and oxygen atoms in total. The topological polar surface area (TPSA) is 81.4 Å². The van der Waals surface area contributed by atoms with Gasteiger partial charge in [0.05, 0.1) is 25.2 Å². The molecular weight excluding hydrogens is 320 g/mol. The van der Waals surface area contributed by atoms with E-state index in [1.165, 1.54) is 7.11 Å². The van der Waals surface area contributed by atoms with Crippen LogP contribution in [0.25, 0.3) is 11.1 Å². The van der Waals surface area contributed by atoms with Crippen molar-refractivity contribution >= 4 is 11.9 Å². The molecule has 126 valence electrons. The molecule has 0 atom stereocenters. The molecule has 0 radical (unpaired) electrons. The van der Waals surface area contributed by atoms with Crippen LogP contribution in [0.1, 0.15) is 26.3 Å². The smallest absolute Gasteiger partial charge is 0.337 e. The van der Waals surface area contributed by atoms with E-state index in [9.17, 15) is 9.59 Å². The molecule has 0 spiro atoms. The zero-order chi connectivity index (χ0) is 17.6. The van der Waals surface area contributed by atoms with Gasteiger partial charge in [0.25, 0.3) is 5.91 Å². The molecule has 0 bridgehead atoms. The lowest BCUT2D eigenvalue weighted by atomic mass is 10.1. The second kappa shape index (κ2) is 7.44. The normalized spacial score (nSPS) is 10.3. The van der Waals surface area contributed by atoms with Crippen LogP contribution in [0.4, 0.5) is 0 Å². The van der Waals surface area contributed by atoms with Crippen molar-refractivity contribution in [2.24, 2.45) is 0 Å². The molecule has 3 aromatic rings. The Kier molecular flexibility index (Phi) is 4.89. The number of carbonyl (C=O) groups is 2. The van der Waals surface area contributed by atoms with Gasteiger partial charge in [-0.05, 0) is 42.0 Å². The monoisotopic (exact) mass is 336 g/mol. The molecule has 1 N–H and O–H groups in total. The summed E-state index contributed by atoms with van der Waals surface area (Å²) in [7, 11) is 1.31. The number of hydrogen-bond donors (Lipinski definition) is 1. The predicted molar refractivity (Wildman–Crippen MR) is 90.9 cm³/mol. The van der Waals surface area contributed by atoms with Crippen LogP contribution in [0.15, 0.2) is 65.7 Å². The molecule has 0 aliphatic heterocycles. The van der Waals surface area contributed by atoms with Crippen LogP contribution in [0, 0.1) is 0 Å². The van der Waals surface area contributed by atoms with Crippen LogP contribution in [0.3, 0.4) is 0 Å². The maximum absolute atomic E-state index is 12.2. The average molecular weight is 336 g/mol. The molecule has 0 saturated carbocycles. The molecule has 0 aliphatic rings. The van der Waals surface area contributed by atoms with E-state index < -0.39 is 5.97 Å². The first-order valence-electron chi connectivity index (χ1n) is 7.60. The van der Waals surface area contributed by atoms with Crippen LogP contribution < -0.4 is 5.32 Å². The van der Waals surface area contributed by atoms with Gasteiger partial charge < -0.3 is 14.5 Å². The molecule has 1 aromatic carbocycles. The third-order valence-corrected chi connectivity index (χ3v) is 3.67. The van der Waals surface area contributed by atoms with Crippen molar-refractivity contribution in [2.75, 3.05) is 7.11 Å². The van der Waals surface area contributed by atoms with Gasteiger partial charge in [-0.3, -0.25) is 9.78 Å². The summed E-state index contributed by atoms with van der Waals surface area (Å²) in [4.78, 5) is 27.8. The number of rotatable bonds is 5. The van der Waals surface area contributed by atoms with E-state index in [0.29, 0.717) is 17.7 Å². The van der Waals surface area contributed by atoms with Crippen molar-refractivity contribution in [1.82, 2.24) is 10.3 Å². The number of pyridine rings is 1. The Labute approximate surface area is 144 Å². The Balaban J connectivity index is 1.64. The third kappa shape index (κ3) is 3.92. The minimum Gasteiger partial charge on any atom is -0.472 e. The molecule has 6 heteroatoms. The molecule has 0 fully saturated rings. The number of nitrogens with one attached hydrogen (secondary N) is 1. The van der Waals surface area contributed by atoms with Gasteiger partial charge in [0.1, 0.15) is 0 Å². The summed E-state index contributed by atoms with van der Waals surface area (Å²) >= 11 is 0. The number of benzene rings is 1. The van der Waals surface area contributed by atoms with Gasteiger partial charge in [0, 0.05) is 35.6 Å². The lowest BCUT2D eigenvalue weighted by Gasteiger charge is -2.07. The Morgan fingerprint density at radius 1 is 1.08 bits per heavy atom. The van der Waals surface area contributed by atoms with Crippen LogP contribution >= 0.6 is 0 Å². The lowest BCUT2D eigenvalue weighted by Crippen LogP contribution is -2.22. The van der Waals surface area contributed by atoms with E-state index in [-0.39, 0.29) is 5.91 Å². The first-order chi connectivity index (χ1) is 12.2. The largest absolute Gasteiger partial charge is 0.472 e. The zero-order valence-electron chi connectivity index (χ0n) is 13.6. The fourth-order valence-corrected chi connectivity index (χ4v) is 2.33. The lowest BCUT2D eigenvalue weighted by molar-refractivity contribution is 0.0600. The van der Waals surface area contributed by atoms with Crippen LogP contribution in [-0.4, -0.2) is 24.0 Å². The van der Waals surface area contributed by atoms with Gasteiger partial charge in [-0.25, -0.2) is 4.79 Å². The summed E-state index contributed by atoms with van der Waals surface area (Å²) in [5.74, 6) is -0.667. The van der Waals surface area contributed by atoms with E-state index >= 15 is 0 Å². The van der Waals surface area contributed by atoms with Crippen molar-refractivity contribution in [1.29, 1.82) is 0 Å². The summed E-state index contributed by atoms with van der Waals surface area (Å²) in [5, 5.41) is 2.83. The van der Waals surface area contributed by atoms with Crippen molar-refractivity contribution in [2.45, 2.75) is 6.54 Å². The molecule has 2 aromatic heterocycles. The Hall–Kier alpha value is -3.41. The number of hydrogen-bond acceptors (Lipinski definition) is 5. The highest BCUT2D eigenvalue weighted by Crippen LogP contribution is 2.19. The fraction of sp³-hybridized carbons (Fsp3) is 0.105. The SMILES string of the molecule is COC(=O)c1ccc(C(=O)NCc2cncc(-c3ccoc3)c2)cc1. The van der Waals surface area contributed by atoms with Gasteiger partial charge in [-0.1, -0.05) is 0 Å². The summed E-state index contributed by atoms with van der Waals surface area (Å²) in [6.07, 6.45) is 6.68. The highest BCUT2D eigenvalue weighted by molar-refractivity contribution is 5.96. The molecule has 2 heterocycles. The second-order valence-corrected chi connectivity index (χ2v) is 5.35. The van der Waals surface area contributed by atoms with Gasteiger partial charge in [-0.2, -0.15) is 0 Å². The predicted octanol–water partition coefficient (Wildman–Crippen LogP) is 3.06. The zero-order valence-corrected chi connectivity index (χ0v) is 13.6. The van der Waals surface area contributed by atoms with Gasteiger partial charge >= 0.3 is 5.97 Å². The minimum atomic E-state index is -0.436. The molecular formula is C19H16N2O4. The Morgan fingerprint density at radius 3 is 2.52 bits per heavy atom. The van der Waals surface area contributed by atoms with Gasteiger partial charge in [0.15, 0.2) is 0 Å². The van der Waals surface area contributed by atoms with Crippen molar-refractivity contribution in [3.8, 4) is 11.1 Å². The van der Waals surface area contributed by atoms with E-state index in [2.05, 4.69) is 15.0 Å². The second-order valence-electron chi connectivity index (χ2n) is 5.35. The number of carbonyl (C=O) groups excluding carboxylic acids is 2. The number of aromatic nitrogens is 1. The Bertz CT molecular complexity index is 871. The van der Waals surface area contributed by atoms with Crippen LogP contribution in [0.5, 0.6) is 0 Å². The number of ether oxygens (including phenoxy) is 1. The molecule has 0 saturated heterocycles. The standard InChI is InChI=1S/C19H16N2O4/c1-24-19(23)15-4-2-14(3-5-15)18(22)21-10-13-8-17(11-20-9-13)16-6-7-25-12-16/h2-9,11-12H,10H2,1H3,(H,21,22). The van der Waals surface area contributed by atoms with Crippen molar-refractivity contribution in [3.05, 3.63) is 78.0 Å². The number of methoxy groups -OCH3 is 1. The highest BCUT2D eigenvalue weighted by Gasteiger charge is 2.09. The van der Waals surface area contributed by atoms with E-state index in [1.54, 1.807) is 49.2 Å². The molecule has 0 aliphatic carbocycles. The summed E-state index contributed by atoms with van der Waals surface area (Å²) < 4.78 is 9.70. The summed E-state index contributed by atoms with van der Waals surface area (Å²) in [6.45, 7) is 0.344. The maximum Gasteiger partial charge on any atom is 0.337 e. The number of nitrogens with zero attached hydrogens (tertiary/aromatic N) is 1. The molecule has 25 heavy (non-hydrogen) atoms.